The third kappa shape index (κ3) is 3.82. The number of aromatic nitrogens is 2. The summed E-state index contributed by atoms with van der Waals surface area (Å²) >= 11 is 5.90. The van der Waals surface area contributed by atoms with Crippen molar-refractivity contribution in [2.45, 2.75) is 11.4 Å². The lowest BCUT2D eigenvalue weighted by atomic mass is 10.1. The van der Waals surface area contributed by atoms with Crippen molar-refractivity contribution in [2.24, 2.45) is 0 Å². The van der Waals surface area contributed by atoms with E-state index in [0.29, 0.717) is 10.6 Å². The Morgan fingerprint density at radius 3 is 2.44 bits per heavy atom. The molecule has 0 saturated heterocycles. The van der Waals surface area contributed by atoms with Crippen LogP contribution in [0.25, 0.3) is 11.1 Å². The highest BCUT2D eigenvalue weighted by Crippen LogP contribution is 2.29. The minimum atomic E-state index is -3.79. The minimum Gasteiger partial charge on any atom is -0.261 e. The van der Waals surface area contributed by atoms with Crippen LogP contribution in [0.2, 0.25) is 5.02 Å². The quantitative estimate of drug-likeness (QED) is 0.742. The normalized spacial score (nSPS) is 11.0. The summed E-state index contributed by atoms with van der Waals surface area (Å²) in [6.45, 7) is 0.00759. The van der Waals surface area contributed by atoms with Gasteiger partial charge in [-0.3, -0.25) is 9.40 Å². The first kappa shape index (κ1) is 17.0. The van der Waals surface area contributed by atoms with Crippen LogP contribution in [0.3, 0.4) is 0 Å². The molecule has 0 bridgehead atoms. The van der Waals surface area contributed by atoms with Crippen molar-refractivity contribution in [3.63, 3.8) is 0 Å². The number of nitrogens with zero attached hydrogens (tertiary/aromatic N) is 3. The number of sulfonamides is 1. The van der Waals surface area contributed by atoms with Gasteiger partial charge in [-0.2, -0.15) is 10.4 Å². The summed E-state index contributed by atoms with van der Waals surface area (Å²) in [5.41, 5.74) is 1.30. The molecule has 0 atom stereocenters. The predicted octanol–water partition coefficient (Wildman–Crippen LogP) is 3.53. The molecule has 0 spiro atoms. The van der Waals surface area contributed by atoms with Crippen molar-refractivity contribution in [2.75, 3.05) is 4.72 Å². The van der Waals surface area contributed by atoms with Crippen LogP contribution in [0, 0.1) is 11.3 Å². The lowest BCUT2D eigenvalue weighted by molar-refractivity contribution is 0.600. The van der Waals surface area contributed by atoms with E-state index in [1.807, 2.05) is 6.07 Å². The van der Waals surface area contributed by atoms with E-state index >= 15 is 0 Å². The lowest BCUT2D eigenvalue weighted by Crippen LogP contribution is -2.14. The molecule has 3 aromatic rings. The fourth-order valence-corrected chi connectivity index (χ4v) is 3.44. The second kappa shape index (κ2) is 6.97. The Hall–Kier alpha value is -2.82. The molecule has 2 aromatic carbocycles. The first-order chi connectivity index (χ1) is 12.0. The summed E-state index contributed by atoms with van der Waals surface area (Å²) < 4.78 is 29.0. The fourth-order valence-electron chi connectivity index (χ4n) is 2.28. The first-order valence-corrected chi connectivity index (χ1v) is 9.14. The number of nitriles is 1. The molecule has 0 aliphatic rings. The Labute approximate surface area is 150 Å². The lowest BCUT2D eigenvalue weighted by Gasteiger charge is -2.07. The second-order valence-corrected chi connectivity index (χ2v) is 7.29. The highest BCUT2D eigenvalue weighted by molar-refractivity contribution is 7.92. The first-order valence-electron chi connectivity index (χ1n) is 7.28. The van der Waals surface area contributed by atoms with Gasteiger partial charge < -0.3 is 0 Å². The van der Waals surface area contributed by atoms with Crippen LogP contribution in [0.15, 0.2) is 65.7 Å². The molecular formula is C17H13ClN4O2S. The summed E-state index contributed by atoms with van der Waals surface area (Å²) in [6.07, 6.45) is 1.62. The van der Waals surface area contributed by atoms with E-state index in [4.69, 9.17) is 16.9 Å². The van der Waals surface area contributed by atoms with Crippen molar-refractivity contribution in [3.05, 3.63) is 65.8 Å². The molecule has 0 aliphatic carbocycles. The van der Waals surface area contributed by atoms with Gasteiger partial charge >= 0.3 is 0 Å². The molecule has 25 heavy (non-hydrogen) atoms. The van der Waals surface area contributed by atoms with E-state index < -0.39 is 10.0 Å². The molecule has 1 heterocycles. The molecule has 0 unspecified atom stereocenters. The van der Waals surface area contributed by atoms with Crippen molar-refractivity contribution in [1.29, 1.82) is 5.26 Å². The number of anilines is 1. The third-order valence-corrected chi connectivity index (χ3v) is 5.04. The molecule has 0 fully saturated rings. The number of rotatable bonds is 5. The molecular weight excluding hydrogens is 360 g/mol. The van der Waals surface area contributed by atoms with E-state index in [1.54, 1.807) is 48.7 Å². The zero-order valence-corrected chi connectivity index (χ0v) is 14.5. The Balaban J connectivity index is 2.03. The van der Waals surface area contributed by atoms with Crippen molar-refractivity contribution < 1.29 is 8.42 Å². The monoisotopic (exact) mass is 372 g/mol. The minimum absolute atomic E-state index is 0.00759. The number of halogens is 1. The van der Waals surface area contributed by atoms with E-state index in [0.717, 1.165) is 5.56 Å². The summed E-state index contributed by atoms with van der Waals surface area (Å²) in [7, 11) is -3.79. The van der Waals surface area contributed by atoms with Crippen LogP contribution >= 0.6 is 11.6 Å². The maximum atomic E-state index is 12.6. The topological polar surface area (TPSA) is 87.8 Å². The van der Waals surface area contributed by atoms with Crippen LogP contribution < -0.4 is 4.72 Å². The molecule has 0 radical (unpaired) electrons. The zero-order valence-electron chi connectivity index (χ0n) is 12.9. The van der Waals surface area contributed by atoms with Gasteiger partial charge in [0.05, 0.1) is 11.0 Å². The summed E-state index contributed by atoms with van der Waals surface area (Å²) in [6, 6.07) is 16.9. The third-order valence-electron chi connectivity index (χ3n) is 3.43. The molecule has 0 aliphatic heterocycles. The van der Waals surface area contributed by atoms with Crippen molar-refractivity contribution >= 4 is 27.4 Å². The maximum absolute atomic E-state index is 12.6. The smallest absolute Gasteiger partial charge is 0.261 e. The van der Waals surface area contributed by atoms with Gasteiger partial charge in [0.2, 0.25) is 0 Å². The molecule has 0 saturated carbocycles. The average molecular weight is 373 g/mol. The Morgan fingerprint density at radius 1 is 1.12 bits per heavy atom. The molecule has 0 amide bonds. The number of nitrogens with one attached hydrogen (secondary N) is 1. The predicted molar refractivity (Wildman–Crippen MR) is 95.5 cm³/mol. The highest BCUT2D eigenvalue weighted by atomic mass is 35.5. The van der Waals surface area contributed by atoms with E-state index in [1.165, 1.54) is 16.8 Å². The fraction of sp³-hybridized carbons (Fsp3) is 0.0588. The summed E-state index contributed by atoms with van der Waals surface area (Å²) in [5.74, 6) is 0.154. The Bertz CT molecular complexity index is 1020. The zero-order chi connectivity index (χ0) is 17.9. The van der Waals surface area contributed by atoms with Gasteiger partial charge in [0.15, 0.2) is 5.82 Å². The highest BCUT2D eigenvalue weighted by Gasteiger charge is 2.19. The standard InChI is InChI=1S/C17H13ClN4O2S/c18-14-8-6-13(7-9-14)16-12-22(11-10-19)20-17(16)21-25(23,24)15-4-2-1-3-5-15/h1-9,12H,11H2,(H,20,21). The van der Waals surface area contributed by atoms with Gasteiger partial charge in [0, 0.05) is 16.8 Å². The van der Waals surface area contributed by atoms with Crippen LogP contribution in [-0.4, -0.2) is 18.2 Å². The van der Waals surface area contributed by atoms with Gasteiger partial charge in [-0.1, -0.05) is 41.9 Å². The number of benzene rings is 2. The van der Waals surface area contributed by atoms with Crippen LogP contribution in [0.1, 0.15) is 0 Å². The van der Waals surface area contributed by atoms with Gasteiger partial charge in [0.1, 0.15) is 6.54 Å². The molecule has 6 nitrogen and oxygen atoms in total. The summed E-state index contributed by atoms with van der Waals surface area (Å²) in [4.78, 5) is 0.131. The molecule has 1 aromatic heterocycles. The largest absolute Gasteiger partial charge is 0.263 e. The van der Waals surface area contributed by atoms with E-state index in [2.05, 4.69) is 9.82 Å². The Morgan fingerprint density at radius 2 is 1.80 bits per heavy atom. The van der Waals surface area contributed by atoms with Crippen LogP contribution in [-0.2, 0) is 16.6 Å². The number of hydrogen-bond donors (Lipinski definition) is 1. The van der Waals surface area contributed by atoms with Gasteiger partial charge in [-0.25, -0.2) is 8.42 Å². The molecule has 3 rings (SSSR count). The SMILES string of the molecule is N#CCn1cc(-c2ccc(Cl)cc2)c(NS(=O)(=O)c2ccccc2)n1. The number of hydrogen-bond acceptors (Lipinski definition) is 4. The molecule has 8 heteroatoms. The van der Waals surface area contributed by atoms with E-state index in [9.17, 15) is 8.42 Å². The van der Waals surface area contributed by atoms with Crippen LogP contribution in [0.4, 0.5) is 5.82 Å². The molecule has 1 N–H and O–H groups in total. The average Bonchev–Trinajstić information content (AvgIpc) is 2.98. The Kier molecular flexibility index (Phi) is 4.74. The summed E-state index contributed by atoms with van der Waals surface area (Å²) in [5, 5.41) is 13.6. The van der Waals surface area contributed by atoms with Crippen LogP contribution in [0.5, 0.6) is 0 Å². The van der Waals surface area contributed by atoms with Gasteiger partial charge in [-0.05, 0) is 29.8 Å². The van der Waals surface area contributed by atoms with Crippen molar-refractivity contribution in [1.82, 2.24) is 9.78 Å². The maximum Gasteiger partial charge on any atom is 0.263 e. The second-order valence-electron chi connectivity index (χ2n) is 5.17. The molecule has 126 valence electrons. The van der Waals surface area contributed by atoms with Crippen molar-refractivity contribution in [3.8, 4) is 17.2 Å². The van der Waals surface area contributed by atoms with E-state index in [-0.39, 0.29) is 17.3 Å². The van der Waals surface area contributed by atoms with Gasteiger partial charge in [-0.15, -0.1) is 0 Å². The van der Waals surface area contributed by atoms with Gasteiger partial charge in [0.25, 0.3) is 10.0 Å².